The molecule has 0 bridgehead atoms. The number of nitrogens with zero attached hydrogens (tertiary/aromatic N) is 5. The summed E-state index contributed by atoms with van der Waals surface area (Å²) < 4.78 is 0. The van der Waals surface area contributed by atoms with Gasteiger partial charge < -0.3 is 11.1 Å². The van der Waals surface area contributed by atoms with E-state index in [2.05, 4.69) is 81.3 Å². The maximum Gasteiger partial charge on any atom is 0.206 e. The van der Waals surface area contributed by atoms with Gasteiger partial charge in [-0.3, -0.25) is 10.6 Å². The Labute approximate surface area is 273 Å². The predicted molar refractivity (Wildman–Crippen MR) is 192 cm³/mol. The van der Waals surface area contributed by atoms with Crippen LogP contribution in [0.1, 0.15) is 96.9 Å². The van der Waals surface area contributed by atoms with Crippen LogP contribution in [0.4, 0.5) is 0 Å². The number of allylic oxidation sites excluding steroid dienone is 2. The molecule has 0 aromatic rings. The molecular weight excluding hydrogens is 575 g/mol. The Balaban J connectivity index is -0.000000251. The molecule has 9 nitrogen and oxygen atoms in total. The second-order valence-electron chi connectivity index (χ2n) is 11.4. The summed E-state index contributed by atoms with van der Waals surface area (Å²) in [6.07, 6.45) is 7.35. The molecule has 0 saturated carbocycles. The minimum Gasteiger partial charge on any atom is -0.353 e. The summed E-state index contributed by atoms with van der Waals surface area (Å²) in [7, 11) is 0. The second kappa shape index (κ2) is 29.2. The number of thioether (sulfide) groups is 1. The Bertz CT molecular complexity index is 1020. The number of hydrogen-bond donors (Lipinski definition) is 4. The standard InChI is InChI=1S/C13H24N4.C8H17N.C6H10N2S.C5H8N2S/c1-9(2)12(10(3)4)7-15-13(16-8-14)17-11(5)6;1-6(2)8(5-9)7(3)4;1-5(2)6(9-3)8-4-7;1-4(2)5(8)7-3-6/h9,11H,7H2,1-6H3,(H2,15,16,17);6H,5,9H2,1-4H3;5H,1-3H3;4H,1-2H3,(H,7,8). The highest BCUT2D eigenvalue weighted by atomic mass is 32.2. The van der Waals surface area contributed by atoms with Crippen LogP contribution in [0.15, 0.2) is 32.3 Å². The van der Waals surface area contributed by atoms with Crippen LogP contribution >= 0.6 is 24.0 Å². The average molecular weight is 634 g/mol. The molecule has 5 N–H and O–H groups in total. The fourth-order valence-corrected chi connectivity index (χ4v) is 3.86. The third kappa shape index (κ3) is 29.0. The number of nitrogens with one attached hydrogen (secondary N) is 3. The van der Waals surface area contributed by atoms with E-state index in [9.17, 15) is 0 Å². The van der Waals surface area contributed by atoms with Gasteiger partial charge in [-0.2, -0.15) is 20.8 Å². The van der Waals surface area contributed by atoms with Crippen LogP contribution in [0.5, 0.6) is 0 Å². The minimum absolute atomic E-state index is 0.254. The molecule has 0 saturated heterocycles. The van der Waals surface area contributed by atoms with E-state index in [1.54, 1.807) is 12.4 Å². The molecule has 0 rings (SSSR count). The first-order valence-electron chi connectivity index (χ1n) is 14.6. The van der Waals surface area contributed by atoms with Crippen molar-refractivity contribution >= 4 is 40.0 Å². The Morgan fingerprint density at radius 2 is 1.23 bits per heavy atom. The summed E-state index contributed by atoms with van der Waals surface area (Å²) in [4.78, 5) is 8.64. The lowest BCUT2D eigenvalue weighted by Crippen LogP contribution is -2.39. The number of thiocarbonyl (C=S) groups is 1. The minimum atomic E-state index is 0.254. The normalized spacial score (nSPS) is 10.6. The third-order valence-corrected chi connectivity index (χ3v) is 7.03. The van der Waals surface area contributed by atoms with E-state index in [0.29, 0.717) is 41.8 Å². The summed E-state index contributed by atoms with van der Waals surface area (Å²) in [5.41, 5.74) is 10.9. The van der Waals surface area contributed by atoms with Gasteiger partial charge in [-0.25, -0.2) is 4.99 Å². The van der Waals surface area contributed by atoms with Gasteiger partial charge in [0.05, 0.1) is 16.6 Å². The van der Waals surface area contributed by atoms with Gasteiger partial charge in [-0.15, -0.1) is 11.8 Å². The summed E-state index contributed by atoms with van der Waals surface area (Å²) in [5.74, 6) is 2.28. The van der Waals surface area contributed by atoms with Crippen molar-refractivity contribution in [1.29, 1.82) is 15.8 Å². The number of nitriles is 3. The molecule has 43 heavy (non-hydrogen) atoms. The molecule has 244 valence electrons. The molecule has 0 aromatic carbocycles. The van der Waals surface area contributed by atoms with Crippen molar-refractivity contribution in [2.75, 3.05) is 19.3 Å². The molecule has 0 amide bonds. The largest absolute Gasteiger partial charge is 0.353 e. The molecule has 0 unspecified atom stereocenters. The van der Waals surface area contributed by atoms with Crippen molar-refractivity contribution < 1.29 is 0 Å². The highest BCUT2D eigenvalue weighted by Crippen LogP contribution is 2.14. The number of nitrogens with two attached hydrogens (primary N) is 1. The summed E-state index contributed by atoms with van der Waals surface area (Å²) in [6.45, 7) is 30.4. The number of aliphatic imine (C=N–C) groups is 2. The summed E-state index contributed by atoms with van der Waals surface area (Å²) >= 11 is 6.27. The van der Waals surface area contributed by atoms with Gasteiger partial charge in [-0.05, 0) is 65.2 Å². The first-order chi connectivity index (χ1) is 19.9. The van der Waals surface area contributed by atoms with Gasteiger partial charge in [0.1, 0.15) is 0 Å². The van der Waals surface area contributed by atoms with Crippen molar-refractivity contribution in [3.8, 4) is 18.6 Å². The molecule has 0 aromatic heterocycles. The van der Waals surface area contributed by atoms with E-state index in [0.717, 1.165) is 5.04 Å². The highest BCUT2D eigenvalue weighted by Gasteiger charge is 2.06. The maximum atomic E-state index is 8.64. The van der Waals surface area contributed by atoms with E-state index < -0.39 is 0 Å². The van der Waals surface area contributed by atoms with Crippen molar-refractivity contribution in [1.82, 2.24) is 16.0 Å². The van der Waals surface area contributed by atoms with Crippen molar-refractivity contribution in [2.24, 2.45) is 39.4 Å². The number of hydrogen-bond acceptors (Lipinski definition) is 8. The van der Waals surface area contributed by atoms with E-state index >= 15 is 0 Å². The van der Waals surface area contributed by atoms with Gasteiger partial charge in [-0.1, -0.05) is 84.3 Å². The van der Waals surface area contributed by atoms with Crippen molar-refractivity contribution in [3.63, 3.8) is 0 Å². The zero-order chi connectivity index (χ0) is 34.7. The predicted octanol–water partition coefficient (Wildman–Crippen LogP) is 7.27. The van der Waals surface area contributed by atoms with E-state index in [1.165, 1.54) is 34.1 Å². The Kier molecular flexibility index (Phi) is 31.9. The Morgan fingerprint density at radius 1 is 0.767 bits per heavy atom. The number of rotatable bonds is 8. The van der Waals surface area contributed by atoms with Crippen LogP contribution in [0.3, 0.4) is 0 Å². The molecule has 11 heteroatoms. The first-order valence-corrected chi connectivity index (χ1v) is 16.2. The van der Waals surface area contributed by atoms with E-state index in [1.807, 2.05) is 54.0 Å². The van der Waals surface area contributed by atoms with Gasteiger partial charge >= 0.3 is 0 Å². The van der Waals surface area contributed by atoms with Crippen LogP contribution < -0.4 is 21.7 Å². The summed E-state index contributed by atoms with van der Waals surface area (Å²) in [6, 6.07) is 0.254. The van der Waals surface area contributed by atoms with Gasteiger partial charge in [0.25, 0.3) is 0 Å². The lowest BCUT2D eigenvalue weighted by atomic mass is 9.99. The Morgan fingerprint density at radius 3 is 1.42 bits per heavy atom. The lowest BCUT2D eigenvalue weighted by molar-refractivity contribution is 0.705. The first kappa shape index (κ1) is 47.0. The fraction of sp³-hybridized carbons (Fsp3) is 0.688. The SMILES string of the molecule is CC(C)=C(CN)C(C)C.CC(C)=C(CN=C(NC#N)NC(C)C)C(C)C.CC(C)C(=S)NC#N.CSC(=NC#N)C(C)C. The van der Waals surface area contributed by atoms with Crippen LogP contribution in [-0.4, -0.2) is 41.4 Å². The molecule has 0 fully saturated rings. The molecule has 0 radical (unpaired) electrons. The molecule has 0 heterocycles. The zero-order valence-corrected chi connectivity index (χ0v) is 31.1. The van der Waals surface area contributed by atoms with Gasteiger partial charge in [0, 0.05) is 24.4 Å². The van der Waals surface area contributed by atoms with Gasteiger partial charge in [0.2, 0.25) is 12.2 Å². The van der Waals surface area contributed by atoms with Crippen LogP contribution in [0.25, 0.3) is 0 Å². The van der Waals surface area contributed by atoms with Gasteiger partial charge in [0.15, 0.2) is 12.4 Å². The molecule has 0 spiro atoms. The maximum absolute atomic E-state index is 8.64. The summed E-state index contributed by atoms with van der Waals surface area (Å²) in [5, 5.41) is 33.8. The monoisotopic (exact) mass is 633 g/mol. The van der Waals surface area contributed by atoms with Crippen molar-refractivity contribution in [3.05, 3.63) is 22.3 Å². The molecular formula is C32H59N9S2. The average Bonchev–Trinajstić information content (AvgIpc) is 2.87. The van der Waals surface area contributed by atoms with Crippen molar-refractivity contribution in [2.45, 2.75) is 103 Å². The van der Waals surface area contributed by atoms with Crippen LogP contribution in [-0.2, 0) is 0 Å². The smallest absolute Gasteiger partial charge is 0.206 e. The number of guanidine groups is 1. The molecule has 0 aliphatic heterocycles. The third-order valence-electron chi connectivity index (χ3n) is 5.47. The second-order valence-corrected chi connectivity index (χ2v) is 12.7. The van der Waals surface area contributed by atoms with Crippen LogP contribution in [0, 0.1) is 58.0 Å². The lowest BCUT2D eigenvalue weighted by Gasteiger charge is -2.14. The van der Waals surface area contributed by atoms with E-state index in [4.69, 9.17) is 33.7 Å². The van der Waals surface area contributed by atoms with Crippen LogP contribution in [0.2, 0.25) is 0 Å². The van der Waals surface area contributed by atoms with E-state index in [-0.39, 0.29) is 12.0 Å². The molecule has 0 aliphatic carbocycles. The molecule has 0 atom stereocenters. The topological polar surface area (TPSA) is 158 Å². The highest BCUT2D eigenvalue weighted by molar-refractivity contribution is 8.13. The quantitative estimate of drug-likeness (QED) is 0.0538. The molecule has 0 aliphatic rings. The fourth-order valence-electron chi connectivity index (χ4n) is 3.21. The Hall–Kier alpha value is -2.91. The zero-order valence-electron chi connectivity index (χ0n) is 29.4.